The molecule has 0 heterocycles. The molecule has 150 valence electrons. The molecule has 0 aromatic rings. The van der Waals surface area contributed by atoms with Gasteiger partial charge in [-0.05, 0) is 24.7 Å². The fourth-order valence-corrected chi connectivity index (χ4v) is 3.65. The summed E-state index contributed by atoms with van der Waals surface area (Å²) in [5.41, 5.74) is 5.57. The maximum atomic E-state index is 11.7. The van der Waals surface area contributed by atoms with E-state index in [1.165, 1.54) is 57.8 Å². The highest BCUT2D eigenvalue weighted by atomic mass is 16.3. The van der Waals surface area contributed by atoms with Gasteiger partial charge in [0.05, 0.1) is 0 Å². The van der Waals surface area contributed by atoms with Gasteiger partial charge in [-0.1, -0.05) is 97.8 Å². The highest BCUT2D eigenvalue weighted by Crippen LogP contribution is 2.24. The van der Waals surface area contributed by atoms with Crippen LogP contribution in [0.4, 0.5) is 0 Å². The van der Waals surface area contributed by atoms with Gasteiger partial charge >= 0.3 is 0 Å². The van der Waals surface area contributed by atoms with Crippen LogP contribution in [0.1, 0.15) is 111 Å². The summed E-state index contributed by atoms with van der Waals surface area (Å²) in [6.45, 7) is 6.83. The van der Waals surface area contributed by atoms with Crippen molar-refractivity contribution in [1.82, 2.24) is 0 Å². The number of unbranched alkanes of at least 4 members (excludes halogenated alkanes) is 9. The number of primary amides is 1. The topological polar surface area (TPSA) is 63.3 Å². The van der Waals surface area contributed by atoms with Gasteiger partial charge < -0.3 is 10.8 Å². The molecule has 3 N–H and O–H groups in total. The Hall–Kier alpha value is -0.570. The third-order valence-corrected chi connectivity index (χ3v) is 5.39. The monoisotopic (exact) mass is 355 g/mol. The summed E-state index contributed by atoms with van der Waals surface area (Å²) in [5, 5.41) is 9.56. The number of carbonyl (C=O) groups is 1. The standard InChI is InChI=1S/C22H45NO2/c1-4-5-16-20(18-24)21(22(23)25)17-14-12-10-8-6-7-9-11-13-15-19(2)3/h19-21,24H,4-18H2,1-3H3,(H2,23,25). The Kier molecular flexibility index (Phi) is 16.5. The van der Waals surface area contributed by atoms with Crippen LogP contribution in [0.15, 0.2) is 0 Å². The number of aliphatic hydroxyl groups excluding tert-OH is 1. The second kappa shape index (κ2) is 16.9. The Bertz CT molecular complexity index is 304. The van der Waals surface area contributed by atoms with Gasteiger partial charge in [0.15, 0.2) is 0 Å². The lowest BCUT2D eigenvalue weighted by atomic mass is 9.84. The number of rotatable bonds is 18. The van der Waals surface area contributed by atoms with Crippen LogP contribution in [0, 0.1) is 17.8 Å². The molecule has 2 atom stereocenters. The van der Waals surface area contributed by atoms with Crippen LogP contribution in [-0.4, -0.2) is 17.6 Å². The molecule has 0 saturated carbocycles. The number of carbonyl (C=O) groups excluding carboxylic acids is 1. The van der Waals surface area contributed by atoms with Gasteiger partial charge in [-0.3, -0.25) is 4.79 Å². The molecule has 2 unspecified atom stereocenters. The Morgan fingerprint density at radius 2 is 1.28 bits per heavy atom. The van der Waals surface area contributed by atoms with Crippen molar-refractivity contribution >= 4 is 5.91 Å². The first kappa shape index (κ1) is 24.4. The van der Waals surface area contributed by atoms with Gasteiger partial charge in [-0.2, -0.15) is 0 Å². The van der Waals surface area contributed by atoms with E-state index in [1.54, 1.807) is 0 Å². The first-order chi connectivity index (χ1) is 12.0. The van der Waals surface area contributed by atoms with Crippen molar-refractivity contribution in [3.63, 3.8) is 0 Å². The van der Waals surface area contributed by atoms with Crippen LogP contribution in [0.2, 0.25) is 0 Å². The number of hydrogen-bond acceptors (Lipinski definition) is 2. The summed E-state index contributed by atoms with van der Waals surface area (Å²) in [5.74, 6) is 0.536. The fourth-order valence-electron chi connectivity index (χ4n) is 3.65. The molecule has 0 rings (SSSR count). The third kappa shape index (κ3) is 14.3. The normalized spacial score (nSPS) is 14.0. The first-order valence-corrected chi connectivity index (χ1v) is 10.9. The molecule has 3 heteroatoms. The Morgan fingerprint density at radius 1 is 0.800 bits per heavy atom. The zero-order chi connectivity index (χ0) is 18.9. The van der Waals surface area contributed by atoms with Crippen molar-refractivity contribution < 1.29 is 9.90 Å². The average Bonchev–Trinajstić information content (AvgIpc) is 2.57. The van der Waals surface area contributed by atoms with Crippen molar-refractivity contribution in [1.29, 1.82) is 0 Å². The average molecular weight is 356 g/mol. The summed E-state index contributed by atoms with van der Waals surface area (Å²) in [4.78, 5) is 11.7. The Morgan fingerprint density at radius 3 is 1.68 bits per heavy atom. The van der Waals surface area contributed by atoms with Crippen LogP contribution < -0.4 is 5.73 Å². The second-order valence-electron chi connectivity index (χ2n) is 8.25. The molecular weight excluding hydrogens is 310 g/mol. The zero-order valence-electron chi connectivity index (χ0n) is 17.3. The van der Waals surface area contributed by atoms with E-state index >= 15 is 0 Å². The predicted octanol–water partition coefficient (Wildman–Crippen LogP) is 5.83. The van der Waals surface area contributed by atoms with E-state index in [-0.39, 0.29) is 24.3 Å². The van der Waals surface area contributed by atoms with Crippen LogP contribution >= 0.6 is 0 Å². The molecule has 0 radical (unpaired) electrons. The van der Waals surface area contributed by atoms with E-state index < -0.39 is 0 Å². The second-order valence-corrected chi connectivity index (χ2v) is 8.25. The predicted molar refractivity (Wildman–Crippen MR) is 108 cm³/mol. The Balaban J connectivity index is 3.67. The Labute approximate surface area is 157 Å². The number of aliphatic hydroxyl groups is 1. The molecule has 0 bridgehead atoms. The van der Waals surface area contributed by atoms with E-state index in [4.69, 9.17) is 5.73 Å². The molecule has 0 aliphatic rings. The molecular formula is C22H45NO2. The number of amides is 1. The summed E-state index contributed by atoms with van der Waals surface area (Å²) in [6, 6.07) is 0. The molecule has 3 nitrogen and oxygen atoms in total. The minimum absolute atomic E-state index is 0.0586. The van der Waals surface area contributed by atoms with E-state index in [2.05, 4.69) is 20.8 Å². The van der Waals surface area contributed by atoms with Gasteiger partial charge in [0.1, 0.15) is 0 Å². The molecule has 0 aromatic heterocycles. The molecule has 0 aliphatic carbocycles. The van der Waals surface area contributed by atoms with Gasteiger partial charge in [0.2, 0.25) is 5.91 Å². The van der Waals surface area contributed by atoms with Crippen molar-refractivity contribution in [2.75, 3.05) is 6.61 Å². The SMILES string of the molecule is CCCCC(CO)C(CCCCCCCCCCCC(C)C)C(N)=O. The quantitative estimate of drug-likeness (QED) is 0.304. The maximum Gasteiger partial charge on any atom is 0.220 e. The lowest BCUT2D eigenvalue weighted by Gasteiger charge is -2.22. The molecule has 1 amide bonds. The largest absolute Gasteiger partial charge is 0.396 e. The van der Waals surface area contributed by atoms with Crippen molar-refractivity contribution in [3.05, 3.63) is 0 Å². The molecule has 0 saturated heterocycles. The van der Waals surface area contributed by atoms with E-state index in [0.717, 1.165) is 38.0 Å². The van der Waals surface area contributed by atoms with Crippen molar-refractivity contribution in [2.45, 2.75) is 111 Å². The molecule has 0 aliphatic heterocycles. The lowest BCUT2D eigenvalue weighted by Crippen LogP contribution is -2.32. The van der Waals surface area contributed by atoms with E-state index in [0.29, 0.717) is 0 Å². The molecule has 0 spiro atoms. The van der Waals surface area contributed by atoms with Gasteiger partial charge in [-0.15, -0.1) is 0 Å². The van der Waals surface area contributed by atoms with Gasteiger partial charge in [0.25, 0.3) is 0 Å². The van der Waals surface area contributed by atoms with Crippen molar-refractivity contribution in [2.24, 2.45) is 23.5 Å². The van der Waals surface area contributed by atoms with Crippen LogP contribution in [-0.2, 0) is 4.79 Å². The fraction of sp³-hybridized carbons (Fsp3) is 0.955. The highest BCUT2D eigenvalue weighted by Gasteiger charge is 2.24. The summed E-state index contributed by atoms with van der Waals surface area (Å²) in [7, 11) is 0. The number of hydrogen-bond donors (Lipinski definition) is 2. The third-order valence-electron chi connectivity index (χ3n) is 5.39. The number of nitrogens with two attached hydrogens (primary N) is 1. The summed E-state index contributed by atoms with van der Waals surface area (Å²) in [6.07, 6.45) is 17.0. The lowest BCUT2D eigenvalue weighted by molar-refractivity contribution is -0.124. The minimum Gasteiger partial charge on any atom is -0.396 e. The highest BCUT2D eigenvalue weighted by molar-refractivity contribution is 5.76. The smallest absolute Gasteiger partial charge is 0.220 e. The zero-order valence-corrected chi connectivity index (χ0v) is 17.3. The van der Waals surface area contributed by atoms with E-state index in [9.17, 15) is 9.90 Å². The summed E-state index contributed by atoms with van der Waals surface area (Å²) < 4.78 is 0. The van der Waals surface area contributed by atoms with Gasteiger partial charge in [0, 0.05) is 12.5 Å². The van der Waals surface area contributed by atoms with E-state index in [1.807, 2.05) is 0 Å². The first-order valence-electron chi connectivity index (χ1n) is 10.9. The maximum absolute atomic E-state index is 11.7. The molecule has 25 heavy (non-hydrogen) atoms. The molecule has 0 aromatic carbocycles. The molecule has 0 fully saturated rings. The summed E-state index contributed by atoms with van der Waals surface area (Å²) >= 11 is 0. The van der Waals surface area contributed by atoms with Crippen LogP contribution in [0.3, 0.4) is 0 Å². The minimum atomic E-state index is -0.225. The van der Waals surface area contributed by atoms with Gasteiger partial charge in [-0.25, -0.2) is 0 Å². The van der Waals surface area contributed by atoms with Crippen LogP contribution in [0.25, 0.3) is 0 Å². The van der Waals surface area contributed by atoms with Crippen LogP contribution in [0.5, 0.6) is 0 Å². The van der Waals surface area contributed by atoms with Crippen molar-refractivity contribution in [3.8, 4) is 0 Å².